The van der Waals surface area contributed by atoms with Crippen molar-refractivity contribution >= 4 is 17.5 Å². The van der Waals surface area contributed by atoms with E-state index in [0.717, 1.165) is 6.54 Å². The van der Waals surface area contributed by atoms with Crippen LogP contribution in [0.4, 0.5) is 16.3 Å². The van der Waals surface area contributed by atoms with Crippen LogP contribution >= 0.6 is 0 Å². The molecule has 2 N–H and O–H groups in total. The van der Waals surface area contributed by atoms with Gasteiger partial charge < -0.3 is 19.7 Å². The predicted molar refractivity (Wildman–Crippen MR) is 90.8 cm³/mol. The molecular formula is C15H22N6O3. The molecule has 0 bridgehead atoms. The van der Waals surface area contributed by atoms with Gasteiger partial charge in [-0.1, -0.05) is 0 Å². The van der Waals surface area contributed by atoms with Crippen molar-refractivity contribution in [2.45, 2.75) is 6.54 Å². The lowest BCUT2D eigenvalue weighted by molar-refractivity contribution is 0.261. The van der Waals surface area contributed by atoms with E-state index in [-0.39, 0.29) is 5.88 Å². The number of carbonyl (C=O) groups is 1. The summed E-state index contributed by atoms with van der Waals surface area (Å²) < 4.78 is 11.9. The molecule has 0 aromatic carbocycles. The highest BCUT2D eigenvalue weighted by molar-refractivity contribution is 5.99. The first-order valence-electron chi connectivity index (χ1n) is 7.37. The molecule has 0 aliphatic rings. The second-order valence-electron chi connectivity index (χ2n) is 5.23. The number of anilines is 2. The largest absolute Gasteiger partial charge is 0.481 e. The zero-order chi connectivity index (χ0) is 17.5. The number of pyridine rings is 1. The molecule has 2 aromatic rings. The lowest BCUT2D eigenvalue weighted by atomic mass is 10.4. The smallest absolute Gasteiger partial charge is 0.324 e. The van der Waals surface area contributed by atoms with Gasteiger partial charge in [0.2, 0.25) is 11.8 Å². The van der Waals surface area contributed by atoms with Gasteiger partial charge in [-0.25, -0.2) is 9.48 Å². The number of nitrogens with zero attached hydrogens (tertiary/aromatic N) is 4. The molecule has 2 aromatic heterocycles. The molecule has 0 atom stereocenters. The molecule has 130 valence electrons. The van der Waals surface area contributed by atoms with Gasteiger partial charge in [-0.2, -0.15) is 10.1 Å². The number of hydrogen-bond acceptors (Lipinski definition) is 6. The van der Waals surface area contributed by atoms with E-state index in [4.69, 9.17) is 9.47 Å². The molecule has 2 rings (SSSR count). The number of carbonyl (C=O) groups excluding carboxylic acids is 1. The van der Waals surface area contributed by atoms with E-state index in [9.17, 15) is 4.79 Å². The average molecular weight is 334 g/mol. The van der Waals surface area contributed by atoms with Gasteiger partial charge in [-0.05, 0) is 20.2 Å². The molecule has 2 heterocycles. The van der Waals surface area contributed by atoms with Crippen LogP contribution in [0.2, 0.25) is 0 Å². The lowest BCUT2D eigenvalue weighted by Gasteiger charge is -2.14. The van der Waals surface area contributed by atoms with Crippen LogP contribution in [-0.2, 0) is 6.54 Å². The van der Waals surface area contributed by atoms with Gasteiger partial charge in [0, 0.05) is 18.7 Å². The van der Waals surface area contributed by atoms with E-state index >= 15 is 0 Å². The highest BCUT2D eigenvalue weighted by Gasteiger charge is 2.12. The van der Waals surface area contributed by atoms with Crippen LogP contribution in [0.15, 0.2) is 24.4 Å². The molecule has 0 saturated carbocycles. The fourth-order valence-corrected chi connectivity index (χ4v) is 1.97. The molecule has 0 radical (unpaired) electrons. The van der Waals surface area contributed by atoms with Crippen molar-refractivity contribution in [2.24, 2.45) is 0 Å². The van der Waals surface area contributed by atoms with Crippen molar-refractivity contribution in [3.63, 3.8) is 0 Å². The van der Waals surface area contributed by atoms with E-state index in [1.54, 1.807) is 29.1 Å². The summed E-state index contributed by atoms with van der Waals surface area (Å²) in [6.07, 6.45) is 1.64. The fourth-order valence-electron chi connectivity index (χ4n) is 1.97. The van der Waals surface area contributed by atoms with E-state index in [1.165, 1.54) is 14.2 Å². The minimum absolute atomic E-state index is 0.269. The number of urea groups is 1. The summed E-state index contributed by atoms with van der Waals surface area (Å²) in [6.45, 7) is 1.48. The van der Waals surface area contributed by atoms with Crippen LogP contribution < -0.4 is 20.1 Å². The summed E-state index contributed by atoms with van der Waals surface area (Å²) in [5.74, 6) is 1.28. The minimum atomic E-state index is -0.410. The number of methoxy groups -OCH3 is 2. The highest BCUT2D eigenvalue weighted by Crippen LogP contribution is 2.24. The first kappa shape index (κ1) is 17.5. The molecule has 0 aliphatic heterocycles. The second-order valence-corrected chi connectivity index (χ2v) is 5.23. The van der Waals surface area contributed by atoms with Crippen LogP contribution in [0.3, 0.4) is 0 Å². The summed E-state index contributed by atoms with van der Waals surface area (Å²) in [6, 6.07) is 4.62. The minimum Gasteiger partial charge on any atom is -0.481 e. The Morgan fingerprint density at radius 3 is 2.67 bits per heavy atom. The number of aromatic nitrogens is 3. The first-order chi connectivity index (χ1) is 11.5. The third-order valence-electron chi connectivity index (χ3n) is 3.20. The number of amides is 2. The Bertz CT molecular complexity index is 686. The Balaban J connectivity index is 2.03. The molecule has 9 nitrogen and oxygen atoms in total. The van der Waals surface area contributed by atoms with Crippen molar-refractivity contribution in [1.29, 1.82) is 0 Å². The van der Waals surface area contributed by atoms with Gasteiger partial charge >= 0.3 is 6.03 Å². The quantitative estimate of drug-likeness (QED) is 0.797. The average Bonchev–Trinajstić information content (AvgIpc) is 3.00. The van der Waals surface area contributed by atoms with Crippen LogP contribution in [0.25, 0.3) is 0 Å². The van der Waals surface area contributed by atoms with Crippen molar-refractivity contribution in [3.05, 3.63) is 24.4 Å². The maximum absolute atomic E-state index is 12.2. The summed E-state index contributed by atoms with van der Waals surface area (Å²) in [5.41, 5.74) is 0.440. The Hall–Kier alpha value is -2.81. The molecule has 0 unspecified atom stereocenters. The second kappa shape index (κ2) is 8.16. The highest BCUT2D eigenvalue weighted by atomic mass is 16.5. The van der Waals surface area contributed by atoms with E-state index < -0.39 is 6.03 Å². The van der Waals surface area contributed by atoms with Crippen molar-refractivity contribution in [1.82, 2.24) is 19.7 Å². The number of ether oxygens (including phenoxy) is 2. The number of nitrogens with one attached hydrogen (secondary N) is 2. The Morgan fingerprint density at radius 1 is 1.21 bits per heavy atom. The summed E-state index contributed by atoms with van der Waals surface area (Å²) in [5, 5.41) is 9.66. The normalized spacial score (nSPS) is 10.5. The number of likely N-dealkylation sites (N-methyl/N-ethyl adjacent to an activating group) is 1. The first-order valence-corrected chi connectivity index (χ1v) is 7.37. The third kappa shape index (κ3) is 4.59. The van der Waals surface area contributed by atoms with Crippen molar-refractivity contribution in [2.75, 3.05) is 45.5 Å². The molecule has 0 aliphatic carbocycles. The van der Waals surface area contributed by atoms with Gasteiger partial charge in [0.05, 0.1) is 27.0 Å². The zero-order valence-corrected chi connectivity index (χ0v) is 14.2. The van der Waals surface area contributed by atoms with Crippen LogP contribution in [-0.4, -0.2) is 60.6 Å². The van der Waals surface area contributed by atoms with E-state index in [1.807, 2.05) is 19.0 Å². The van der Waals surface area contributed by atoms with Crippen molar-refractivity contribution < 1.29 is 14.3 Å². The molecule has 2 amide bonds. The number of hydrogen-bond donors (Lipinski definition) is 2. The molecule has 24 heavy (non-hydrogen) atoms. The Morgan fingerprint density at radius 2 is 2.00 bits per heavy atom. The van der Waals surface area contributed by atoms with Gasteiger partial charge in [-0.15, -0.1) is 0 Å². The lowest BCUT2D eigenvalue weighted by Crippen LogP contribution is -2.24. The monoisotopic (exact) mass is 334 g/mol. The predicted octanol–water partition coefficient (Wildman–Crippen LogP) is 1.50. The SMILES string of the molecule is COc1ccc(NC(=O)Nc2ccnn2CCN(C)C)c(OC)n1. The Labute approximate surface area is 140 Å². The molecule has 9 heteroatoms. The summed E-state index contributed by atoms with van der Waals surface area (Å²) in [7, 11) is 6.94. The topological polar surface area (TPSA) is 93.5 Å². The standard InChI is InChI=1S/C15H22N6O3/c1-20(2)9-10-21-12(7-8-16-21)18-15(22)17-11-5-6-13(23-3)19-14(11)24-4/h5-8H,9-10H2,1-4H3,(H2,17,18,22). The van der Waals surface area contributed by atoms with Gasteiger partial charge in [0.25, 0.3) is 0 Å². The zero-order valence-electron chi connectivity index (χ0n) is 14.2. The van der Waals surface area contributed by atoms with Crippen molar-refractivity contribution in [3.8, 4) is 11.8 Å². The summed E-state index contributed by atoms with van der Waals surface area (Å²) >= 11 is 0. The third-order valence-corrected chi connectivity index (χ3v) is 3.20. The molecule has 0 spiro atoms. The summed E-state index contributed by atoms with van der Waals surface area (Å²) in [4.78, 5) is 18.4. The van der Waals surface area contributed by atoms with Gasteiger partial charge in [0.1, 0.15) is 11.5 Å². The maximum atomic E-state index is 12.2. The molecule has 0 saturated heterocycles. The van der Waals surface area contributed by atoms with Crippen LogP contribution in [0, 0.1) is 0 Å². The van der Waals surface area contributed by atoms with Gasteiger partial charge in [0.15, 0.2) is 0 Å². The molecular weight excluding hydrogens is 312 g/mol. The van der Waals surface area contributed by atoms with Crippen LogP contribution in [0.1, 0.15) is 0 Å². The van der Waals surface area contributed by atoms with E-state index in [2.05, 4.69) is 20.7 Å². The maximum Gasteiger partial charge on any atom is 0.324 e. The number of rotatable bonds is 7. The Kier molecular flexibility index (Phi) is 5.96. The molecule has 0 fully saturated rings. The van der Waals surface area contributed by atoms with Gasteiger partial charge in [-0.3, -0.25) is 5.32 Å². The van der Waals surface area contributed by atoms with E-state index in [0.29, 0.717) is 23.9 Å². The van der Waals surface area contributed by atoms with Crippen LogP contribution in [0.5, 0.6) is 11.8 Å². The fraction of sp³-hybridized carbons (Fsp3) is 0.400.